The number of carboxylic acid groups (broad SMARTS) is 1. The third kappa shape index (κ3) is 4.79. The molecular weight excluding hydrogens is 384 g/mol. The second kappa shape index (κ2) is 9.43. The Balaban J connectivity index is 1.95. The van der Waals surface area contributed by atoms with Crippen molar-refractivity contribution in [3.63, 3.8) is 0 Å². The summed E-state index contributed by atoms with van der Waals surface area (Å²) in [6.07, 6.45) is 0.848. The Hall–Kier alpha value is -3.35. The van der Waals surface area contributed by atoms with Crippen LogP contribution < -0.4 is 9.47 Å². The average Bonchev–Trinajstić information content (AvgIpc) is 3.18. The molecule has 1 N–H and O–H groups in total. The highest BCUT2D eigenvalue weighted by Gasteiger charge is 2.34. The summed E-state index contributed by atoms with van der Waals surface area (Å²) >= 11 is 0. The molecule has 1 aliphatic heterocycles. The maximum Gasteiger partial charge on any atom is 0.303 e. The van der Waals surface area contributed by atoms with Crippen molar-refractivity contribution >= 4 is 17.6 Å². The van der Waals surface area contributed by atoms with Gasteiger partial charge < -0.3 is 14.6 Å². The molecule has 7 heteroatoms. The quantitative estimate of drug-likeness (QED) is 0.712. The van der Waals surface area contributed by atoms with Gasteiger partial charge in [-0.05, 0) is 37.1 Å². The van der Waals surface area contributed by atoms with Crippen molar-refractivity contribution in [2.45, 2.75) is 38.6 Å². The van der Waals surface area contributed by atoms with E-state index in [-0.39, 0.29) is 31.2 Å². The number of amides is 1. The molecule has 2 aromatic carbocycles. The third-order valence-electron chi connectivity index (χ3n) is 5.13. The largest absolute Gasteiger partial charge is 0.497 e. The van der Waals surface area contributed by atoms with Crippen LogP contribution in [0.5, 0.6) is 11.5 Å². The van der Waals surface area contributed by atoms with Crippen LogP contribution in [-0.4, -0.2) is 41.9 Å². The third-order valence-corrected chi connectivity index (χ3v) is 5.13. The number of hydrazone groups is 1. The van der Waals surface area contributed by atoms with Crippen molar-refractivity contribution in [3.05, 3.63) is 59.2 Å². The van der Waals surface area contributed by atoms with Crippen LogP contribution in [0.4, 0.5) is 0 Å². The number of carboxylic acids is 1. The lowest BCUT2D eigenvalue weighted by Gasteiger charge is -2.24. The first kappa shape index (κ1) is 21.4. The van der Waals surface area contributed by atoms with E-state index in [1.54, 1.807) is 20.3 Å². The van der Waals surface area contributed by atoms with Gasteiger partial charge in [-0.25, -0.2) is 5.01 Å². The Labute approximate surface area is 175 Å². The fraction of sp³-hybridized carbons (Fsp3) is 0.348. The number of hydrogen-bond donors (Lipinski definition) is 1. The Morgan fingerprint density at radius 2 is 1.83 bits per heavy atom. The molecule has 2 aromatic rings. The first-order chi connectivity index (χ1) is 14.4. The first-order valence-corrected chi connectivity index (χ1v) is 9.83. The standard InChI is InChI=1S/C23H26N2O5/c1-15-7-9-16(10-8-15)19-14-20(18-13-17(29-2)11-12-21(18)30-3)25(24-19)22(26)5-4-6-23(27)28/h7-13,20H,4-6,14H2,1-3H3,(H,27,28). The van der Waals surface area contributed by atoms with Crippen LogP contribution in [0, 0.1) is 6.92 Å². The molecule has 1 heterocycles. The van der Waals surface area contributed by atoms with E-state index in [0.29, 0.717) is 17.9 Å². The number of carbonyl (C=O) groups excluding carboxylic acids is 1. The van der Waals surface area contributed by atoms with Gasteiger partial charge in [-0.3, -0.25) is 9.59 Å². The second-order valence-electron chi connectivity index (χ2n) is 7.23. The molecule has 0 bridgehead atoms. The van der Waals surface area contributed by atoms with E-state index in [2.05, 4.69) is 5.10 Å². The number of aliphatic carboxylic acids is 1. The zero-order valence-corrected chi connectivity index (χ0v) is 17.4. The lowest BCUT2D eigenvalue weighted by Crippen LogP contribution is -2.27. The summed E-state index contributed by atoms with van der Waals surface area (Å²) in [5, 5.41) is 15.0. The Bertz CT molecular complexity index is 953. The fourth-order valence-electron chi connectivity index (χ4n) is 3.51. The number of ether oxygens (including phenoxy) is 2. The van der Waals surface area contributed by atoms with Crippen molar-refractivity contribution in [2.24, 2.45) is 5.10 Å². The number of rotatable bonds is 8. The Morgan fingerprint density at radius 3 is 2.47 bits per heavy atom. The fourth-order valence-corrected chi connectivity index (χ4v) is 3.51. The molecular formula is C23H26N2O5. The highest BCUT2D eigenvalue weighted by Crippen LogP contribution is 2.39. The van der Waals surface area contributed by atoms with Crippen molar-refractivity contribution in [2.75, 3.05) is 14.2 Å². The minimum absolute atomic E-state index is 0.0543. The number of aryl methyl sites for hydroxylation is 1. The molecule has 0 aromatic heterocycles. The molecule has 0 aliphatic carbocycles. The van der Waals surface area contributed by atoms with E-state index in [1.165, 1.54) is 5.01 Å². The van der Waals surface area contributed by atoms with Gasteiger partial charge in [0, 0.05) is 24.8 Å². The molecule has 0 fully saturated rings. The van der Waals surface area contributed by atoms with Crippen LogP contribution in [-0.2, 0) is 9.59 Å². The van der Waals surface area contributed by atoms with Crippen molar-refractivity contribution < 1.29 is 24.2 Å². The average molecular weight is 410 g/mol. The normalized spacial score (nSPS) is 15.6. The van der Waals surface area contributed by atoms with E-state index in [9.17, 15) is 9.59 Å². The topological polar surface area (TPSA) is 88.4 Å². The van der Waals surface area contributed by atoms with Gasteiger partial charge in [0.1, 0.15) is 11.5 Å². The summed E-state index contributed by atoms with van der Waals surface area (Å²) in [7, 11) is 3.17. The summed E-state index contributed by atoms with van der Waals surface area (Å²) in [4.78, 5) is 23.8. The summed E-state index contributed by atoms with van der Waals surface area (Å²) in [6.45, 7) is 2.02. The zero-order chi connectivity index (χ0) is 21.7. The molecule has 0 saturated carbocycles. The maximum atomic E-state index is 12.9. The van der Waals surface area contributed by atoms with Crippen LogP contribution in [0.15, 0.2) is 47.6 Å². The van der Waals surface area contributed by atoms with Crippen LogP contribution in [0.3, 0.4) is 0 Å². The molecule has 1 amide bonds. The highest BCUT2D eigenvalue weighted by atomic mass is 16.5. The Morgan fingerprint density at radius 1 is 1.10 bits per heavy atom. The zero-order valence-electron chi connectivity index (χ0n) is 17.4. The molecule has 1 aliphatic rings. The Kier molecular flexibility index (Phi) is 6.72. The lowest BCUT2D eigenvalue weighted by molar-refractivity contribution is -0.137. The molecule has 30 heavy (non-hydrogen) atoms. The predicted molar refractivity (Wildman–Crippen MR) is 113 cm³/mol. The highest BCUT2D eigenvalue weighted by molar-refractivity contribution is 6.03. The van der Waals surface area contributed by atoms with Crippen LogP contribution >= 0.6 is 0 Å². The minimum Gasteiger partial charge on any atom is -0.497 e. The summed E-state index contributed by atoms with van der Waals surface area (Å²) < 4.78 is 10.9. The summed E-state index contributed by atoms with van der Waals surface area (Å²) in [5.74, 6) is 0.171. The molecule has 1 atom stereocenters. The van der Waals surface area contributed by atoms with E-state index < -0.39 is 5.97 Å². The SMILES string of the molecule is COc1ccc(OC)c(C2CC(c3ccc(C)cc3)=NN2C(=O)CCCC(=O)O)c1. The van der Waals surface area contributed by atoms with Crippen molar-refractivity contribution in [1.82, 2.24) is 5.01 Å². The van der Waals surface area contributed by atoms with Gasteiger partial charge in [-0.2, -0.15) is 5.10 Å². The molecule has 7 nitrogen and oxygen atoms in total. The van der Waals surface area contributed by atoms with Gasteiger partial charge in [0.25, 0.3) is 0 Å². The van der Waals surface area contributed by atoms with Crippen LogP contribution in [0.25, 0.3) is 0 Å². The number of benzene rings is 2. The van der Waals surface area contributed by atoms with Gasteiger partial charge in [-0.15, -0.1) is 0 Å². The molecule has 0 radical (unpaired) electrons. The predicted octanol–water partition coefficient (Wildman–Crippen LogP) is 3.94. The monoisotopic (exact) mass is 410 g/mol. The number of methoxy groups -OCH3 is 2. The van der Waals surface area contributed by atoms with Crippen LogP contribution in [0.2, 0.25) is 0 Å². The van der Waals surface area contributed by atoms with E-state index in [4.69, 9.17) is 14.6 Å². The van der Waals surface area contributed by atoms with Crippen molar-refractivity contribution in [1.29, 1.82) is 0 Å². The second-order valence-corrected chi connectivity index (χ2v) is 7.23. The number of nitrogens with zero attached hydrogens (tertiary/aromatic N) is 2. The molecule has 158 valence electrons. The summed E-state index contributed by atoms with van der Waals surface area (Å²) in [6, 6.07) is 13.1. The van der Waals surface area contributed by atoms with Gasteiger partial charge in [0.2, 0.25) is 5.91 Å². The molecule has 3 rings (SSSR count). The van der Waals surface area contributed by atoms with Crippen LogP contribution in [0.1, 0.15) is 48.4 Å². The maximum absolute atomic E-state index is 12.9. The number of carbonyl (C=O) groups is 2. The smallest absolute Gasteiger partial charge is 0.303 e. The van der Waals surface area contributed by atoms with Gasteiger partial charge in [-0.1, -0.05) is 29.8 Å². The van der Waals surface area contributed by atoms with Gasteiger partial charge in [0.15, 0.2) is 0 Å². The van der Waals surface area contributed by atoms with Gasteiger partial charge >= 0.3 is 5.97 Å². The van der Waals surface area contributed by atoms with E-state index >= 15 is 0 Å². The van der Waals surface area contributed by atoms with Gasteiger partial charge in [0.05, 0.1) is 26.0 Å². The van der Waals surface area contributed by atoms with Crippen molar-refractivity contribution in [3.8, 4) is 11.5 Å². The molecule has 0 spiro atoms. The van der Waals surface area contributed by atoms with E-state index in [0.717, 1.165) is 22.4 Å². The van der Waals surface area contributed by atoms with E-state index in [1.807, 2.05) is 43.3 Å². The first-order valence-electron chi connectivity index (χ1n) is 9.83. The molecule has 1 unspecified atom stereocenters. The molecule has 0 saturated heterocycles. The number of hydrogen-bond acceptors (Lipinski definition) is 5. The minimum atomic E-state index is -0.918. The summed E-state index contributed by atoms with van der Waals surface area (Å²) in [5.41, 5.74) is 3.70. The lowest BCUT2D eigenvalue weighted by atomic mass is 9.96.